The normalized spacial score (nSPS) is 17.8. The van der Waals surface area contributed by atoms with Gasteiger partial charge in [0.1, 0.15) is 0 Å². The minimum Gasteiger partial charge on any atom is -0.399 e. The van der Waals surface area contributed by atoms with Gasteiger partial charge in [-0.25, -0.2) is 0 Å². The Kier molecular flexibility index (Phi) is 2.44. The Bertz CT molecular complexity index is 631. The van der Waals surface area contributed by atoms with Gasteiger partial charge in [-0.2, -0.15) is 0 Å². The van der Waals surface area contributed by atoms with E-state index >= 15 is 0 Å². The highest BCUT2D eigenvalue weighted by molar-refractivity contribution is 6.04. The van der Waals surface area contributed by atoms with Crippen molar-refractivity contribution in [2.75, 3.05) is 5.73 Å². The molecule has 90 valence electrons. The number of anilines is 1. The maximum atomic E-state index is 12.0. The van der Waals surface area contributed by atoms with Crippen molar-refractivity contribution < 1.29 is 4.79 Å². The summed E-state index contributed by atoms with van der Waals surface area (Å²) in [5, 5.41) is 0. The van der Waals surface area contributed by atoms with E-state index in [1.54, 1.807) is 0 Å². The number of fused-ring (bicyclic) bond motifs is 1. The molecular weight excluding hydrogens is 222 g/mol. The number of hydrogen-bond donors (Lipinski definition) is 1. The zero-order valence-corrected chi connectivity index (χ0v) is 10.3. The van der Waals surface area contributed by atoms with Crippen LogP contribution in [0.15, 0.2) is 42.5 Å². The molecular formula is C16H15NO. The molecule has 18 heavy (non-hydrogen) atoms. The minimum absolute atomic E-state index is 0.0993. The lowest BCUT2D eigenvalue weighted by Crippen LogP contribution is -2.02. The molecule has 2 nitrogen and oxygen atoms in total. The Balaban J connectivity index is 2.19. The number of benzene rings is 2. The summed E-state index contributed by atoms with van der Waals surface area (Å²) in [7, 11) is 0. The molecule has 0 fully saturated rings. The molecule has 1 aliphatic carbocycles. The molecule has 0 bridgehead atoms. The van der Waals surface area contributed by atoms with Crippen LogP contribution in [0.4, 0.5) is 5.69 Å². The van der Waals surface area contributed by atoms with Crippen molar-refractivity contribution in [2.24, 2.45) is 5.92 Å². The number of ketones is 1. The van der Waals surface area contributed by atoms with Gasteiger partial charge in [-0.1, -0.05) is 37.3 Å². The molecule has 2 N–H and O–H groups in total. The van der Waals surface area contributed by atoms with Crippen LogP contribution in [0.5, 0.6) is 0 Å². The Morgan fingerprint density at radius 1 is 1.11 bits per heavy atom. The van der Waals surface area contributed by atoms with Gasteiger partial charge in [-0.15, -0.1) is 0 Å². The second-order valence-corrected chi connectivity index (χ2v) is 4.93. The largest absolute Gasteiger partial charge is 0.399 e. The molecule has 0 radical (unpaired) electrons. The Labute approximate surface area is 106 Å². The van der Waals surface area contributed by atoms with Crippen molar-refractivity contribution in [2.45, 2.75) is 13.3 Å². The summed E-state index contributed by atoms with van der Waals surface area (Å²) in [6.45, 7) is 1.99. The first-order valence-corrected chi connectivity index (χ1v) is 6.19. The molecule has 2 aromatic carbocycles. The molecule has 1 unspecified atom stereocenters. The van der Waals surface area contributed by atoms with Crippen LogP contribution in [0.1, 0.15) is 22.8 Å². The van der Waals surface area contributed by atoms with Gasteiger partial charge in [0, 0.05) is 17.2 Å². The molecule has 0 aromatic heterocycles. The third kappa shape index (κ3) is 1.61. The van der Waals surface area contributed by atoms with Crippen molar-refractivity contribution >= 4 is 11.5 Å². The fourth-order valence-electron chi connectivity index (χ4n) is 2.68. The molecule has 1 atom stereocenters. The number of carbonyl (C=O) groups excluding carboxylic acids is 1. The minimum atomic E-state index is 0.0993. The fraction of sp³-hybridized carbons (Fsp3) is 0.188. The molecule has 0 saturated heterocycles. The second-order valence-electron chi connectivity index (χ2n) is 4.93. The lowest BCUT2D eigenvalue weighted by atomic mass is 9.96. The van der Waals surface area contributed by atoms with Crippen molar-refractivity contribution in [3.63, 3.8) is 0 Å². The summed E-state index contributed by atoms with van der Waals surface area (Å²) < 4.78 is 0. The highest BCUT2D eigenvalue weighted by atomic mass is 16.1. The van der Waals surface area contributed by atoms with Crippen molar-refractivity contribution in [1.82, 2.24) is 0 Å². The average Bonchev–Trinajstić information content (AvgIpc) is 2.65. The van der Waals surface area contributed by atoms with E-state index in [1.807, 2.05) is 43.3 Å². The Hall–Kier alpha value is -2.09. The van der Waals surface area contributed by atoms with Crippen LogP contribution in [0.2, 0.25) is 0 Å². The van der Waals surface area contributed by atoms with Crippen molar-refractivity contribution in [1.29, 1.82) is 0 Å². The maximum absolute atomic E-state index is 12.0. The fourth-order valence-corrected chi connectivity index (χ4v) is 2.68. The quantitative estimate of drug-likeness (QED) is 0.773. The summed E-state index contributed by atoms with van der Waals surface area (Å²) >= 11 is 0. The molecule has 2 aromatic rings. The zero-order chi connectivity index (χ0) is 12.7. The highest BCUT2D eigenvalue weighted by Gasteiger charge is 2.28. The predicted octanol–water partition coefficient (Wildman–Crippen LogP) is 3.31. The van der Waals surface area contributed by atoms with Gasteiger partial charge in [0.05, 0.1) is 0 Å². The first-order valence-electron chi connectivity index (χ1n) is 6.19. The first kappa shape index (κ1) is 11.0. The van der Waals surface area contributed by atoms with E-state index in [9.17, 15) is 4.79 Å². The third-order valence-corrected chi connectivity index (χ3v) is 3.60. The molecule has 0 aliphatic heterocycles. The molecule has 1 aliphatic rings. The number of rotatable bonds is 1. The molecule has 0 saturated carbocycles. The summed E-state index contributed by atoms with van der Waals surface area (Å²) in [5.74, 6) is 0.359. The summed E-state index contributed by atoms with van der Waals surface area (Å²) in [4.78, 5) is 12.0. The first-order chi connectivity index (χ1) is 8.66. The third-order valence-electron chi connectivity index (χ3n) is 3.60. The van der Waals surface area contributed by atoms with Gasteiger partial charge in [-0.3, -0.25) is 4.79 Å². The molecule has 0 heterocycles. The van der Waals surface area contributed by atoms with Gasteiger partial charge in [-0.05, 0) is 35.2 Å². The van der Waals surface area contributed by atoms with Crippen molar-refractivity contribution in [3.8, 4) is 11.1 Å². The van der Waals surface area contributed by atoms with E-state index in [1.165, 1.54) is 5.56 Å². The summed E-state index contributed by atoms with van der Waals surface area (Å²) in [6, 6.07) is 13.8. The number of hydrogen-bond acceptors (Lipinski definition) is 2. The average molecular weight is 237 g/mol. The number of nitrogen functional groups attached to an aromatic ring is 1. The van der Waals surface area contributed by atoms with E-state index in [4.69, 9.17) is 5.73 Å². The molecule has 2 heteroatoms. The second kappa shape index (κ2) is 3.98. The predicted molar refractivity (Wildman–Crippen MR) is 73.5 cm³/mol. The Morgan fingerprint density at radius 2 is 1.83 bits per heavy atom. The maximum Gasteiger partial charge on any atom is 0.166 e. The SMILES string of the molecule is CC1Cc2c(cccc2-c2cccc(N)c2)C1=O. The molecule has 3 rings (SSSR count). The van der Waals surface area contributed by atoms with Crippen molar-refractivity contribution in [3.05, 3.63) is 53.6 Å². The van der Waals surface area contributed by atoms with Crippen LogP contribution in [-0.2, 0) is 6.42 Å². The lowest BCUT2D eigenvalue weighted by Gasteiger charge is -2.08. The number of Topliss-reactive ketones (excluding diaryl/α,β-unsaturated/α-hetero) is 1. The van der Waals surface area contributed by atoms with Gasteiger partial charge >= 0.3 is 0 Å². The highest BCUT2D eigenvalue weighted by Crippen LogP contribution is 2.35. The van der Waals surface area contributed by atoms with E-state index < -0.39 is 0 Å². The standard InChI is InChI=1S/C16H15NO/c1-10-8-15-13(6-3-7-14(15)16(10)18)11-4-2-5-12(17)9-11/h2-7,9-10H,8,17H2,1H3. The van der Waals surface area contributed by atoms with Crippen LogP contribution < -0.4 is 5.73 Å². The van der Waals surface area contributed by atoms with Crippen LogP contribution in [0, 0.1) is 5.92 Å². The summed E-state index contributed by atoms with van der Waals surface area (Å²) in [5.41, 5.74) is 10.9. The lowest BCUT2D eigenvalue weighted by molar-refractivity contribution is 0.0946. The molecule has 0 spiro atoms. The van der Waals surface area contributed by atoms with Crippen LogP contribution >= 0.6 is 0 Å². The zero-order valence-electron chi connectivity index (χ0n) is 10.3. The summed E-state index contributed by atoms with van der Waals surface area (Å²) in [6.07, 6.45) is 0.832. The van der Waals surface area contributed by atoms with E-state index in [2.05, 4.69) is 6.07 Å². The Morgan fingerprint density at radius 3 is 2.61 bits per heavy atom. The van der Waals surface area contributed by atoms with Crippen LogP contribution in [0.25, 0.3) is 11.1 Å². The van der Waals surface area contributed by atoms with Gasteiger partial charge < -0.3 is 5.73 Å². The topological polar surface area (TPSA) is 43.1 Å². The van der Waals surface area contributed by atoms with E-state index in [0.717, 1.165) is 28.8 Å². The van der Waals surface area contributed by atoms with Gasteiger partial charge in [0.25, 0.3) is 0 Å². The van der Waals surface area contributed by atoms with Crippen LogP contribution in [0.3, 0.4) is 0 Å². The van der Waals surface area contributed by atoms with E-state index in [0.29, 0.717) is 0 Å². The van der Waals surface area contributed by atoms with Crippen LogP contribution in [-0.4, -0.2) is 5.78 Å². The van der Waals surface area contributed by atoms with Gasteiger partial charge in [0.15, 0.2) is 5.78 Å². The number of nitrogens with two attached hydrogens (primary N) is 1. The molecule has 0 amide bonds. The number of carbonyl (C=O) groups is 1. The monoisotopic (exact) mass is 237 g/mol. The smallest absolute Gasteiger partial charge is 0.166 e. The van der Waals surface area contributed by atoms with Gasteiger partial charge in [0.2, 0.25) is 0 Å². The van der Waals surface area contributed by atoms with E-state index in [-0.39, 0.29) is 11.7 Å².